The quantitative estimate of drug-likeness (QED) is 0.0388. The molecule has 0 rings (SSSR count). The smallest absolute Gasteiger partial charge is 1.00 e. The van der Waals surface area contributed by atoms with Crippen molar-refractivity contribution >= 4 is 22.1 Å². The third-order valence-electron chi connectivity index (χ3n) is 8.93. The molecule has 7 nitrogen and oxygen atoms in total. The van der Waals surface area contributed by atoms with Gasteiger partial charge < -0.3 is 11.6 Å². The van der Waals surface area contributed by atoms with Crippen LogP contribution >= 0.6 is 0 Å². The van der Waals surface area contributed by atoms with Crippen LogP contribution in [-0.2, 0) is 19.7 Å². The second kappa shape index (κ2) is 29.9. The minimum absolute atomic E-state index is 0. The number of carboxylic acids is 2. The standard InChI is InChI=1S/C34H66O7S.K.H/c1-3-5-7-9-11-13-15-17-19-21-23-25-27-29-31(32(35)36)34(33(37)38,42(39,40)41)30-28-26-24-22-20-18-16-14-12-10-8-6-4-2;;/h31H,3-30H2,1-2H3,(H,35,36)(H,37,38)(H,39,40,41);;/q;+1;-1. The fraction of sp³-hybridized carbons (Fsp3) is 0.941. The Labute approximate surface area is 309 Å². The molecule has 2 atom stereocenters. The normalized spacial score (nSPS) is 13.7. The van der Waals surface area contributed by atoms with Crippen LogP contribution in [0.25, 0.3) is 0 Å². The Balaban J connectivity index is -0.00000840. The van der Waals surface area contributed by atoms with Crippen molar-refractivity contribution in [1.82, 2.24) is 0 Å². The number of carboxylic acid groups (broad SMARTS) is 2. The van der Waals surface area contributed by atoms with E-state index in [2.05, 4.69) is 13.8 Å². The van der Waals surface area contributed by atoms with Crippen LogP contribution in [0.3, 0.4) is 0 Å². The molecule has 0 aromatic carbocycles. The zero-order chi connectivity index (χ0) is 31.5. The van der Waals surface area contributed by atoms with Gasteiger partial charge >= 0.3 is 63.3 Å². The van der Waals surface area contributed by atoms with Crippen molar-refractivity contribution in [3.05, 3.63) is 0 Å². The summed E-state index contributed by atoms with van der Waals surface area (Å²) in [6, 6.07) is 0. The van der Waals surface area contributed by atoms with E-state index in [0.29, 0.717) is 12.8 Å². The van der Waals surface area contributed by atoms with Crippen molar-refractivity contribution < 1.29 is 85.6 Å². The number of rotatable bonds is 32. The van der Waals surface area contributed by atoms with Crippen molar-refractivity contribution in [2.24, 2.45) is 5.92 Å². The molecule has 0 heterocycles. The zero-order valence-electron chi connectivity index (χ0n) is 29.3. The predicted octanol–water partition coefficient (Wildman–Crippen LogP) is 7.48. The summed E-state index contributed by atoms with van der Waals surface area (Å²) in [6.07, 6.45) is 27.9. The molecule has 252 valence electrons. The van der Waals surface area contributed by atoms with E-state index in [1.807, 2.05) is 0 Å². The summed E-state index contributed by atoms with van der Waals surface area (Å²) in [5.41, 5.74) is 0. The summed E-state index contributed by atoms with van der Waals surface area (Å²) in [4.78, 5) is 24.4. The van der Waals surface area contributed by atoms with Gasteiger partial charge in [0.2, 0.25) is 4.75 Å². The van der Waals surface area contributed by atoms with Crippen molar-refractivity contribution in [3.63, 3.8) is 0 Å². The third kappa shape index (κ3) is 21.8. The minimum atomic E-state index is -5.13. The largest absolute Gasteiger partial charge is 1.00 e. The molecule has 0 spiro atoms. The van der Waals surface area contributed by atoms with E-state index in [0.717, 1.165) is 51.4 Å². The first-order valence-electron chi connectivity index (χ1n) is 17.6. The molecule has 0 saturated heterocycles. The second-order valence-corrected chi connectivity index (χ2v) is 14.3. The Morgan fingerprint density at radius 1 is 0.558 bits per heavy atom. The van der Waals surface area contributed by atoms with Gasteiger partial charge in [0.25, 0.3) is 10.1 Å². The number of carbonyl (C=O) groups is 2. The molecule has 2 unspecified atom stereocenters. The number of unbranched alkanes of at least 4 members (excludes halogenated alkanes) is 24. The molecule has 3 N–H and O–H groups in total. The van der Waals surface area contributed by atoms with E-state index in [9.17, 15) is 32.8 Å². The molecule has 43 heavy (non-hydrogen) atoms. The first-order valence-corrected chi connectivity index (χ1v) is 19.0. The Hall–Kier alpha value is 0.486. The van der Waals surface area contributed by atoms with E-state index in [-0.39, 0.29) is 72.1 Å². The molecule has 0 saturated carbocycles. The van der Waals surface area contributed by atoms with Crippen LogP contribution in [0.5, 0.6) is 0 Å². The summed E-state index contributed by atoms with van der Waals surface area (Å²) in [5, 5.41) is 19.8. The van der Waals surface area contributed by atoms with Gasteiger partial charge in [0.1, 0.15) is 0 Å². The Bertz CT molecular complexity index is 782. The van der Waals surface area contributed by atoms with Gasteiger partial charge in [-0.25, -0.2) is 0 Å². The topological polar surface area (TPSA) is 129 Å². The summed E-state index contributed by atoms with van der Waals surface area (Å²) in [6.45, 7) is 4.44. The monoisotopic (exact) mass is 658 g/mol. The SMILES string of the molecule is CCCCCCCCCCCCCCCC(C(=O)O)C(CCCCCCCCCCCCCCC)(C(=O)O)S(=O)(=O)O.[H-].[K+]. The molecule has 0 amide bonds. The number of hydrogen-bond donors (Lipinski definition) is 3. The van der Waals surface area contributed by atoms with Crippen molar-refractivity contribution in [2.45, 2.75) is 198 Å². The van der Waals surface area contributed by atoms with E-state index in [1.165, 1.54) is 96.3 Å². The van der Waals surface area contributed by atoms with E-state index in [1.54, 1.807) is 0 Å². The van der Waals surface area contributed by atoms with Crippen molar-refractivity contribution in [2.75, 3.05) is 0 Å². The van der Waals surface area contributed by atoms with E-state index in [4.69, 9.17) is 0 Å². The minimum Gasteiger partial charge on any atom is -1.00 e. The van der Waals surface area contributed by atoms with Crippen LogP contribution in [-0.4, -0.2) is 39.9 Å². The van der Waals surface area contributed by atoms with Crippen LogP contribution in [0.1, 0.15) is 195 Å². The molecule has 0 aromatic heterocycles. The van der Waals surface area contributed by atoms with Gasteiger partial charge in [0, 0.05) is 0 Å². The summed E-state index contributed by atoms with van der Waals surface area (Å²) in [7, 11) is -5.13. The van der Waals surface area contributed by atoms with Crippen LogP contribution in [0.4, 0.5) is 0 Å². The average molecular weight is 659 g/mol. The fourth-order valence-electron chi connectivity index (χ4n) is 6.18. The number of aliphatic carboxylic acids is 2. The van der Waals surface area contributed by atoms with Crippen molar-refractivity contribution in [1.29, 1.82) is 0 Å². The van der Waals surface area contributed by atoms with Gasteiger partial charge in [-0.3, -0.25) is 14.1 Å². The van der Waals surface area contributed by atoms with E-state index >= 15 is 0 Å². The van der Waals surface area contributed by atoms with Crippen LogP contribution in [0, 0.1) is 5.92 Å². The molecule has 0 fully saturated rings. The molecule has 0 radical (unpaired) electrons. The third-order valence-corrected chi connectivity index (χ3v) is 10.5. The van der Waals surface area contributed by atoms with Crippen LogP contribution in [0.15, 0.2) is 0 Å². The van der Waals surface area contributed by atoms with Crippen LogP contribution in [0.2, 0.25) is 0 Å². The maximum absolute atomic E-state index is 12.4. The summed E-state index contributed by atoms with van der Waals surface area (Å²) >= 11 is 0. The zero-order valence-corrected chi connectivity index (χ0v) is 32.2. The summed E-state index contributed by atoms with van der Waals surface area (Å²) < 4.78 is 32.2. The maximum Gasteiger partial charge on any atom is 1.00 e. The van der Waals surface area contributed by atoms with Gasteiger partial charge in [-0.15, -0.1) is 0 Å². The average Bonchev–Trinajstić information content (AvgIpc) is 2.93. The molecular weight excluding hydrogens is 592 g/mol. The molecular formula is C34H67KO7S. The predicted molar refractivity (Wildman–Crippen MR) is 175 cm³/mol. The van der Waals surface area contributed by atoms with Gasteiger partial charge in [0.05, 0.1) is 5.92 Å². The molecule has 0 aliphatic heterocycles. The molecule has 0 aliphatic rings. The Kier molecular flexibility index (Phi) is 31.7. The molecule has 9 heteroatoms. The maximum atomic E-state index is 12.4. The first-order chi connectivity index (χ1) is 20.1. The Morgan fingerprint density at radius 3 is 1.09 bits per heavy atom. The fourth-order valence-corrected chi connectivity index (χ4v) is 7.38. The molecule has 0 aromatic rings. The van der Waals surface area contributed by atoms with Crippen molar-refractivity contribution in [3.8, 4) is 0 Å². The van der Waals surface area contributed by atoms with Gasteiger partial charge in [0.15, 0.2) is 0 Å². The van der Waals surface area contributed by atoms with Gasteiger partial charge in [-0.1, -0.05) is 181 Å². The Morgan fingerprint density at radius 2 is 0.837 bits per heavy atom. The van der Waals surface area contributed by atoms with Gasteiger partial charge in [-0.05, 0) is 12.8 Å². The second-order valence-electron chi connectivity index (χ2n) is 12.6. The van der Waals surface area contributed by atoms with Crippen LogP contribution < -0.4 is 51.4 Å². The molecule has 0 bridgehead atoms. The molecule has 0 aliphatic carbocycles. The first kappa shape index (κ1) is 45.6. The summed E-state index contributed by atoms with van der Waals surface area (Å²) in [5.74, 6) is -4.90. The van der Waals surface area contributed by atoms with E-state index < -0.39 is 32.7 Å². The van der Waals surface area contributed by atoms with Gasteiger partial charge in [-0.2, -0.15) is 8.42 Å². The number of hydrogen-bond acceptors (Lipinski definition) is 4.